The van der Waals surface area contributed by atoms with Crippen molar-refractivity contribution in [2.45, 2.75) is 44.6 Å². The Labute approximate surface area is 219 Å². The van der Waals surface area contributed by atoms with Crippen molar-refractivity contribution in [3.63, 3.8) is 0 Å². The molecule has 36 heavy (non-hydrogen) atoms. The third-order valence-electron chi connectivity index (χ3n) is 6.69. The number of para-hydroxylation sites is 1. The van der Waals surface area contributed by atoms with Crippen molar-refractivity contribution >= 4 is 29.2 Å². The molecule has 0 amide bonds. The summed E-state index contributed by atoms with van der Waals surface area (Å²) in [5.41, 5.74) is 3.78. The van der Waals surface area contributed by atoms with Crippen LogP contribution in [0.5, 0.6) is 5.75 Å². The highest BCUT2D eigenvalue weighted by molar-refractivity contribution is 6.39. The van der Waals surface area contributed by atoms with E-state index in [2.05, 4.69) is 5.16 Å². The monoisotopic (exact) mass is 521 g/mol. The summed E-state index contributed by atoms with van der Waals surface area (Å²) in [6, 6.07) is 20.8. The van der Waals surface area contributed by atoms with Gasteiger partial charge in [0.25, 0.3) is 0 Å². The number of carboxylic acids is 1. The van der Waals surface area contributed by atoms with Gasteiger partial charge in [0, 0.05) is 17.0 Å². The lowest BCUT2D eigenvalue weighted by molar-refractivity contribution is -0.140. The molecule has 0 aliphatic heterocycles. The number of carboxylic acid groups (broad SMARTS) is 1. The molecule has 5 nitrogen and oxygen atoms in total. The molecule has 0 spiro atoms. The zero-order chi connectivity index (χ0) is 25.4. The first-order chi connectivity index (χ1) is 17.3. The Kier molecular flexibility index (Phi) is 6.54. The minimum absolute atomic E-state index is 0.0730. The van der Waals surface area contributed by atoms with Crippen LogP contribution in [0.4, 0.5) is 0 Å². The summed E-state index contributed by atoms with van der Waals surface area (Å²) in [5, 5.41) is 15.0. The predicted octanol–water partition coefficient (Wildman–Crippen LogP) is 8.13. The number of nitrogens with zero attached hydrogens (tertiary/aromatic N) is 1. The molecule has 1 aromatic heterocycles. The van der Waals surface area contributed by atoms with Gasteiger partial charge >= 0.3 is 5.97 Å². The minimum atomic E-state index is -0.774. The standard InChI is InChI=1S/C29H25Cl2NO4/c1-17(2)27-21(26(32-36-27)25-22(30)10-6-11-23(25)31)16-35-24-12-4-3-9-20(24)18-7-5-8-19(15-18)29(13-14-29)28(33)34/h3-12,15,17H,13-14,16H2,1-2H3,(H,33,34). The van der Waals surface area contributed by atoms with Gasteiger partial charge in [-0.3, -0.25) is 4.79 Å². The maximum absolute atomic E-state index is 11.9. The number of aliphatic carboxylic acids is 1. The van der Waals surface area contributed by atoms with Crippen LogP contribution in [0.25, 0.3) is 22.4 Å². The number of carbonyl (C=O) groups is 1. The van der Waals surface area contributed by atoms with E-state index in [0.717, 1.165) is 22.3 Å². The topological polar surface area (TPSA) is 72.6 Å². The molecule has 1 fully saturated rings. The van der Waals surface area contributed by atoms with E-state index in [1.807, 2.05) is 62.4 Å². The second-order valence-corrected chi connectivity index (χ2v) is 10.2. The Morgan fingerprint density at radius 3 is 2.42 bits per heavy atom. The van der Waals surface area contributed by atoms with Gasteiger partial charge in [0.05, 0.1) is 21.0 Å². The second kappa shape index (κ2) is 9.64. The molecule has 1 aliphatic carbocycles. The molecule has 0 radical (unpaired) electrons. The van der Waals surface area contributed by atoms with Gasteiger partial charge < -0.3 is 14.4 Å². The average molecular weight is 522 g/mol. The van der Waals surface area contributed by atoms with Gasteiger partial charge in [0.15, 0.2) is 0 Å². The fourth-order valence-electron chi connectivity index (χ4n) is 4.55. The van der Waals surface area contributed by atoms with Crippen molar-refractivity contribution < 1.29 is 19.2 Å². The number of hydrogen-bond donors (Lipinski definition) is 1. The molecule has 1 aliphatic rings. The fourth-order valence-corrected chi connectivity index (χ4v) is 5.13. The lowest BCUT2D eigenvalue weighted by atomic mass is 9.92. The van der Waals surface area contributed by atoms with E-state index < -0.39 is 11.4 Å². The first kappa shape index (κ1) is 24.4. The molecule has 1 N–H and O–H groups in total. The summed E-state index contributed by atoms with van der Waals surface area (Å²) in [6.45, 7) is 4.25. The van der Waals surface area contributed by atoms with Gasteiger partial charge in [0.2, 0.25) is 0 Å². The largest absolute Gasteiger partial charge is 0.488 e. The third-order valence-corrected chi connectivity index (χ3v) is 7.32. The molecule has 4 aromatic rings. The predicted molar refractivity (Wildman–Crippen MR) is 141 cm³/mol. The van der Waals surface area contributed by atoms with Crippen LogP contribution in [0.1, 0.15) is 49.5 Å². The highest BCUT2D eigenvalue weighted by atomic mass is 35.5. The molecule has 0 unspecified atom stereocenters. The Hall–Kier alpha value is -3.28. The van der Waals surface area contributed by atoms with Crippen LogP contribution in [0.2, 0.25) is 10.0 Å². The van der Waals surface area contributed by atoms with Gasteiger partial charge in [-0.05, 0) is 48.2 Å². The number of benzene rings is 3. The van der Waals surface area contributed by atoms with Crippen molar-refractivity contribution in [2.75, 3.05) is 0 Å². The zero-order valence-electron chi connectivity index (χ0n) is 19.9. The zero-order valence-corrected chi connectivity index (χ0v) is 21.4. The molecular weight excluding hydrogens is 497 g/mol. The molecule has 5 rings (SSSR count). The van der Waals surface area contributed by atoms with Crippen LogP contribution in [-0.2, 0) is 16.8 Å². The summed E-state index contributed by atoms with van der Waals surface area (Å²) in [4.78, 5) is 11.9. The van der Waals surface area contributed by atoms with Crippen LogP contribution in [-0.4, -0.2) is 16.2 Å². The van der Waals surface area contributed by atoms with E-state index >= 15 is 0 Å². The molecule has 184 valence electrons. The second-order valence-electron chi connectivity index (χ2n) is 9.38. The smallest absolute Gasteiger partial charge is 0.314 e. The van der Waals surface area contributed by atoms with Crippen molar-refractivity contribution in [1.29, 1.82) is 0 Å². The summed E-state index contributed by atoms with van der Waals surface area (Å²) >= 11 is 13.0. The molecule has 3 aromatic carbocycles. The number of rotatable bonds is 8. The highest BCUT2D eigenvalue weighted by Crippen LogP contribution is 2.49. The molecule has 1 heterocycles. The number of ether oxygens (including phenoxy) is 1. The van der Waals surface area contributed by atoms with E-state index in [1.54, 1.807) is 18.2 Å². The van der Waals surface area contributed by atoms with Crippen LogP contribution in [0.15, 0.2) is 71.3 Å². The van der Waals surface area contributed by atoms with Gasteiger partial charge in [-0.25, -0.2) is 0 Å². The van der Waals surface area contributed by atoms with Crippen LogP contribution in [0.3, 0.4) is 0 Å². The fraction of sp³-hybridized carbons (Fsp3) is 0.241. The van der Waals surface area contributed by atoms with Gasteiger partial charge in [-0.2, -0.15) is 0 Å². The van der Waals surface area contributed by atoms with Crippen LogP contribution < -0.4 is 4.74 Å². The Morgan fingerprint density at radius 1 is 1.06 bits per heavy atom. The van der Waals surface area contributed by atoms with Gasteiger partial charge in [-0.15, -0.1) is 0 Å². The summed E-state index contributed by atoms with van der Waals surface area (Å²) in [5.74, 6) is 0.673. The van der Waals surface area contributed by atoms with Crippen LogP contribution in [0, 0.1) is 0 Å². The Bertz CT molecular complexity index is 1420. The van der Waals surface area contributed by atoms with E-state index in [9.17, 15) is 9.90 Å². The lowest BCUT2D eigenvalue weighted by Gasteiger charge is -2.15. The molecule has 0 atom stereocenters. The third kappa shape index (κ3) is 4.38. The van der Waals surface area contributed by atoms with Crippen molar-refractivity contribution in [2.24, 2.45) is 0 Å². The van der Waals surface area contributed by atoms with Crippen molar-refractivity contribution in [1.82, 2.24) is 5.16 Å². The molecule has 1 saturated carbocycles. The maximum Gasteiger partial charge on any atom is 0.314 e. The average Bonchev–Trinajstić information content (AvgIpc) is 3.58. The highest BCUT2D eigenvalue weighted by Gasteiger charge is 2.51. The molecule has 7 heteroatoms. The maximum atomic E-state index is 11.9. The van der Waals surface area contributed by atoms with Gasteiger partial charge in [0.1, 0.15) is 23.8 Å². The quantitative estimate of drug-likeness (QED) is 0.253. The summed E-state index contributed by atoms with van der Waals surface area (Å²) in [6.07, 6.45) is 1.31. The van der Waals surface area contributed by atoms with E-state index in [0.29, 0.717) is 45.7 Å². The first-order valence-electron chi connectivity index (χ1n) is 11.8. The van der Waals surface area contributed by atoms with E-state index in [1.165, 1.54) is 0 Å². The summed E-state index contributed by atoms with van der Waals surface area (Å²) < 4.78 is 12.1. The number of hydrogen-bond acceptors (Lipinski definition) is 4. The molecule has 0 bridgehead atoms. The molecule has 0 saturated heterocycles. The Balaban J connectivity index is 1.50. The van der Waals surface area contributed by atoms with Crippen LogP contribution >= 0.6 is 23.2 Å². The summed E-state index contributed by atoms with van der Waals surface area (Å²) in [7, 11) is 0. The minimum Gasteiger partial charge on any atom is -0.488 e. The van der Waals surface area contributed by atoms with E-state index in [4.69, 9.17) is 32.5 Å². The van der Waals surface area contributed by atoms with Crippen molar-refractivity contribution in [3.8, 4) is 28.1 Å². The van der Waals surface area contributed by atoms with Gasteiger partial charge in [-0.1, -0.05) is 84.7 Å². The van der Waals surface area contributed by atoms with Crippen molar-refractivity contribution in [3.05, 3.63) is 93.7 Å². The normalized spacial score (nSPS) is 14.1. The lowest BCUT2D eigenvalue weighted by Crippen LogP contribution is -2.19. The Morgan fingerprint density at radius 2 is 1.75 bits per heavy atom. The number of aromatic nitrogens is 1. The first-order valence-corrected chi connectivity index (χ1v) is 12.6. The van der Waals surface area contributed by atoms with E-state index in [-0.39, 0.29) is 12.5 Å². The molecular formula is C29H25Cl2NO4. The number of halogens is 2. The SMILES string of the molecule is CC(C)c1onc(-c2c(Cl)cccc2Cl)c1COc1ccccc1-c1cccc(C2(C(=O)O)CC2)c1.